The van der Waals surface area contributed by atoms with E-state index in [1.54, 1.807) is 0 Å². The zero-order valence-electron chi connectivity index (χ0n) is 18.3. The average molecular weight is 586 g/mol. The molecule has 1 aliphatic rings. The fourth-order valence-corrected chi connectivity index (χ4v) is 4.56. The molecule has 1 aliphatic heterocycles. The molecule has 1 N–H and O–H groups in total. The number of nitrogens with zero attached hydrogens (tertiary/aromatic N) is 1. The van der Waals surface area contributed by atoms with Crippen molar-refractivity contribution in [1.29, 1.82) is 0 Å². The third-order valence-electron chi connectivity index (χ3n) is 5.14. The van der Waals surface area contributed by atoms with Gasteiger partial charge in [0.25, 0.3) is 17.7 Å². The highest BCUT2D eigenvalue weighted by atomic mass is 35.5. The van der Waals surface area contributed by atoms with Crippen molar-refractivity contribution in [3.8, 4) is 0 Å². The van der Waals surface area contributed by atoms with Crippen LogP contribution >= 0.6 is 46.4 Å². The number of carbonyl (C=O) groups is 4. The van der Waals surface area contributed by atoms with Gasteiger partial charge < -0.3 is 10.1 Å². The molecule has 3 amide bonds. The summed E-state index contributed by atoms with van der Waals surface area (Å²) < 4.78 is 44.3. The number of halogens is 7. The van der Waals surface area contributed by atoms with Gasteiger partial charge in [-0.3, -0.25) is 19.3 Å². The van der Waals surface area contributed by atoms with Gasteiger partial charge in [0.2, 0.25) is 0 Å². The minimum absolute atomic E-state index is 0.260. The normalized spacial score (nSPS) is 14.2. The first-order valence-electron chi connectivity index (χ1n) is 10.0. The molecule has 0 fully saturated rings. The summed E-state index contributed by atoms with van der Waals surface area (Å²) >= 11 is 24.2. The van der Waals surface area contributed by atoms with E-state index in [1.807, 2.05) is 5.32 Å². The van der Waals surface area contributed by atoms with E-state index >= 15 is 0 Å². The fraction of sp³-hybridized carbons (Fsp3) is 0.273. The Hall–Kier alpha value is -2.53. The third-order valence-corrected chi connectivity index (χ3v) is 6.94. The predicted molar refractivity (Wildman–Crippen MR) is 127 cm³/mol. The third kappa shape index (κ3) is 5.13. The molecule has 14 heteroatoms. The van der Waals surface area contributed by atoms with Crippen molar-refractivity contribution >= 4 is 75.8 Å². The summed E-state index contributed by atoms with van der Waals surface area (Å²) in [7, 11) is 0. The molecule has 192 valence electrons. The summed E-state index contributed by atoms with van der Waals surface area (Å²) in [5, 5.41) is 0.836. The Morgan fingerprint density at radius 1 is 0.944 bits per heavy atom. The lowest BCUT2D eigenvalue weighted by atomic mass is 10.0. The van der Waals surface area contributed by atoms with Crippen molar-refractivity contribution in [1.82, 2.24) is 4.90 Å². The Bertz CT molecular complexity index is 1240. The van der Waals surface area contributed by atoms with Gasteiger partial charge in [-0.25, -0.2) is 4.79 Å². The number of benzene rings is 2. The maximum absolute atomic E-state index is 13.1. The summed E-state index contributed by atoms with van der Waals surface area (Å²) in [5.41, 5.74) is -2.33. The van der Waals surface area contributed by atoms with Crippen LogP contribution in [0.25, 0.3) is 0 Å². The van der Waals surface area contributed by atoms with E-state index in [-0.39, 0.29) is 31.2 Å². The molecule has 0 spiro atoms. The molecule has 7 nitrogen and oxygen atoms in total. The van der Waals surface area contributed by atoms with Gasteiger partial charge in [-0.2, -0.15) is 13.2 Å². The van der Waals surface area contributed by atoms with Crippen molar-refractivity contribution in [3.63, 3.8) is 0 Å². The fourth-order valence-electron chi connectivity index (χ4n) is 3.54. The topological polar surface area (TPSA) is 92.8 Å². The lowest BCUT2D eigenvalue weighted by Gasteiger charge is -2.27. The largest absolute Gasteiger partial charge is 0.454 e. The number of anilines is 1. The van der Waals surface area contributed by atoms with Crippen LogP contribution in [-0.2, 0) is 20.5 Å². The number of ether oxygens (including phenoxy) is 1. The minimum atomic E-state index is -4.73. The molecule has 3 rings (SSSR count). The highest BCUT2D eigenvalue weighted by Crippen LogP contribution is 2.45. The first-order valence-corrected chi connectivity index (χ1v) is 11.6. The number of alkyl halides is 3. The number of rotatable bonds is 6. The van der Waals surface area contributed by atoms with Crippen LogP contribution in [0, 0.1) is 5.92 Å². The van der Waals surface area contributed by atoms with Gasteiger partial charge >= 0.3 is 12.1 Å². The van der Waals surface area contributed by atoms with Crippen LogP contribution < -0.4 is 5.32 Å². The molecule has 2 aromatic carbocycles. The summed E-state index contributed by atoms with van der Waals surface area (Å²) in [6, 6.07) is 2.70. The highest BCUT2D eigenvalue weighted by Gasteiger charge is 2.48. The van der Waals surface area contributed by atoms with Crippen LogP contribution in [0.4, 0.5) is 18.9 Å². The quantitative estimate of drug-likeness (QED) is 0.191. The van der Waals surface area contributed by atoms with Crippen LogP contribution in [-0.4, -0.2) is 41.2 Å². The maximum Gasteiger partial charge on any atom is 0.418 e. The van der Waals surface area contributed by atoms with Gasteiger partial charge in [0, 0.05) is 0 Å². The standard InChI is InChI=1S/C22H15Cl4F3N2O5/c1-8(2)18(31-19(33)12-13(20(31)34)15(24)17(26)16(25)14(12)23)21(35)36-7-11(32)30-10-6-4-3-5-9(10)22(27,28)29/h3-6,8,18H,7H2,1-2H3,(H,30,32)/t18-/m1/s1. The summed E-state index contributed by atoms with van der Waals surface area (Å²) in [6.45, 7) is 2.01. The number of hydrogen-bond acceptors (Lipinski definition) is 5. The van der Waals surface area contributed by atoms with Gasteiger partial charge in [-0.1, -0.05) is 72.4 Å². The molecule has 2 aromatic rings. The highest BCUT2D eigenvalue weighted by molar-refractivity contribution is 6.55. The van der Waals surface area contributed by atoms with Crippen molar-refractivity contribution < 1.29 is 37.1 Å². The second kappa shape index (κ2) is 10.5. The molecule has 1 atom stereocenters. The lowest BCUT2D eigenvalue weighted by Crippen LogP contribution is -2.49. The lowest BCUT2D eigenvalue weighted by molar-refractivity contribution is -0.152. The molecular formula is C22H15Cl4F3N2O5. The first kappa shape index (κ1) is 28.0. The molecule has 36 heavy (non-hydrogen) atoms. The van der Waals surface area contributed by atoms with Crippen molar-refractivity contribution in [3.05, 3.63) is 61.0 Å². The molecule has 0 aromatic heterocycles. The Kier molecular flexibility index (Phi) is 8.14. The Morgan fingerprint density at radius 3 is 1.92 bits per heavy atom. The van der Waals surface area contributed by atoms with Gasteiger partial charge in [-0.15, -0.1) is 0 Å². The van der Waals surface area contributed by atoms with Gasteiger partial charge in [-0.05, 0) is 18.1 Å². The van der Waals surface area contributed by atoms with E-state index in [2.05, 4.69) is 0 Å². The maximum atomic E-state index is 13.1. The Balaban J connectivity index is 1.81. The summed E-state index contributed by atoms with van der Waals surface area (Å²) in [5.74, 6) is -4.92. The van der Waals surface area contributed by atoms with E-state index in [4.69, 9.17) is 51.1 Å². The molecule has 0 saturated heterocycles. The molecule has 1 heterocycles. The van der Waals surface area contributed by atoms with E-state index in [1.165, 1.54) is 19.9 Å². The zero-order chi connectivity index (χ0) is 27.1. The molecule has 0 unspecified atom stereocenters. The van der Waals surface area contributed by atoms with Crippen molar-refractivity contribution in [2.75, 3.05) is 11.9 Å². The van der Waals surface area contributed by atoms with E-state index in [9.17, 15) is 32.3 Å². The van der Waals surface area contributed by atoms with Crippen molar-refractivity contribution in [2.24, 2.45) is 5.92 Å². The van der Waals surface area contributed by atoms with Crippen molar-refractivity contribution in [2.45, 2.75) is 26.1 Å². The number of fused-ring (bicyclic) bond motifs is 1. The SMILES string of the molecule is CC(C)[C@H](C(=O)OCC(=O)Nc1ccccc1C(F)(F)F)N1C(=O)c2c(Cl)c(Cl)c(Cl)c(Cl)c2C1=O. The summed E-state index contributed by atoms with van der Waals surface area (Å²) in [6.07, 6.45) is -4.73. The van der Waals surface area contributed by atoms with Gasteiger partial charge in [0.05, 0.1) is 42.5 Å². The number of esters is 1. The van der Waals surface area contributed by atoms with Gasteiger partial charge in [0.1, 0.15) is 6.04 Å². The second-order valence-electron chi connectivity index (χ2n) is 7.87. The van der Waals surface area contributed by atoms with Crippen LogP contribution in [0.3, 0.4) is 0 Å². The molecular weight excluding hydrogens is 571 g/mol. The molecule has 0 bridgehead atoms. The van der Waals surface area contributed by atoms with Crippen LogP contribution in [0.1, 0.15) is 40.1 Å². The smallest absolute Gasteiger partial charge is 0.418 e. The number of nitrogens with one attached hydrogen (secondary N) is 1. The van der Waals surface area contributed by atoms with Crippen LogP contribution in [0.2, 0.25) is 20.1 Å². The molecule has 0 aliphatic carbocycles. The van der Waals surface area contributed by atoms with E-state index in [0.717, 1.165) is 18.2 Å². The number of carbonyl (C=O) groups excluding carboxylic acids is 4. The first-order chi connectivity index (χ1) is 16.7. The number of imide groups is 1. The average Bonchev–Trinajstić information content (AvgIpc) is 3.05. The number of amides is 3. The van der Waals surface area contributed by atoms with Crippen LogP contribution in [0.5, 0.6) is 0 Å². The van der Waals surface area contributed by atoms with Gasteiger partial charge in [0.15, 0.2) is 6.61 Å². The number of para-hydroxylation sites is 1. The summed E-state index contributed by atoms with van der Waals surface area (Å²) in [4.78, 5) is 51.8. The Morgan fingerprint density at radius 2 is 1.44 bits per heavy atom. The molecule has 0 saturated carbocycles. The van der Waals surface area contributed by atoms with E-state index in [0.29, 0.717) is 4.90 Å². The molecule has 0 radical (unpaired) electrons. The van der Waals surface area contributed by atoms with E-state index < -0.39 is 59.7 Å². The minimum Gasteiger partial charge on any atom is -0.454 e. The predicted octanol–water partition coefficient (Wildman–Crippen LogP) is 6.12. The monoisotopic (exact) mass is 584 g/mol. The second-order valence-corrected chi connectivity index (χ2v) is 9.39. The van der Waals surface area contributed by atoms with Crippen LogP contribution in [0.15, 0.2) is 24.3 Å². The Labute approximate surface area is 222 Å². The zero-order valence-corrected chi connectivity index (χ0v) is 21.3. The number of hydrogen-bond donors (Lipinski definition) is 1.